The molecule has 0 amide bonds. The molecule has 0 saturated heterocycles. The average molecular weight is 468 g/mol. The van der Waals surface area contributed by atoms with E-state index in [2.05, 4.69) is 17.0 Å². The van der Waals surface area contributed by atoms with Crippen molar-refractivity contribution in [2.75, 3.05) is 6.61 Å². The van der Waals surface area contributed by atoms with Crippen molar-refractivity contribution in [3.05, 3.63) is 28.2 Å². The van der Waals surface area contributed by atoms with Gasteiger partial charge in [0.1, 0.15) is 0 Å². The Labute approximate surface area is 196 Å². The van der Waals surface area contributed by atoms with Crippen LogP contribution in [0.25, 0.3) is 11.4 Å². The highest BCUT2D eigenvalue weighted by Crippen LogP contribution is 2.30. The fourth-order valence-electron chi connectivity index (χ4n) is 3.31. The lowest BCUT2D eigenvalue weighted by Crippen LogP contribution is -2.14. The first-order chi connectivity index (χ1) is 14.9. The Morgan fingerprint density at radius 3 is 2.29 bits per heavy atom. The van der Waals surface area contributed by atoms with E-state index in [1.165, 1.54) is 43.2 Å². The van der Waals surface area contributed by atoms with Crippen molar-refractivity contribution in [3.8, 4) is 17.4 Å². The van der Waals surface area contributed by atoms with Crippen LogP contribution >= 0.6 is 23.2 Å². The molecule has 1 aromatic heterocycles. The summed E-state index contributed by atoms with van der Waals surface area (Å²) >= 11 is 12.4. The topological polar surface area (TPSA) is 57.0 Å². The number of halogens is 2. The Morgan fingerprint density at radius 1 is 1.03 bits per heavy atom. The van der Waals surface area contributed by atoms with E-state index >= 15 is 0 Å². The zero-order chi connectivity index (χ0) is 22.6. The Balaban J connectivity index is 1.98. The molecule has 1 aromatic carbocycles. The molecule has 0 fully saturated rings. The first-order valence-corrected chi connectivity index (χ1v) is 12.3. The highest BCUT2D eigenvalue weighted by atomic mass is 35.5. The van der Waals surface area contributed by atoms with Gasteiger partial charge in [0, 0.05) is 17.0 Å². The van der Waals surface area contributed by atoms with Gasteiger partial charge in [-0.2, -0.15) is 9.67 Å². The average Bonchev–Trinajstić information content (AvgIpc) is 3.15. The summed E-state index contributed by atoms with van der Waals surface area (Å²) in [6.07, 6.45) is 11.2. The number of hydrogen-bond donors (Lipinski definition) is 0. The molecule has 0 radical (unpaired) electrons. The number of rotatable bonds is 14. The largest absolute Gasteiger partial charge is 0.462 e. The van der Waals surface area contributed by atoms with Gasteiger partial charge in [0.2, 0.25) is 5.91 Å². The number of carbonyl (C=O) groups excluding carboxylic acids is 1. The Morgan fingerprint density at radius 2 is 1.68 bits per heavy atom. The summed E-state index contributed by atoms with van der Waals surface area (Å²) in [4.78, 5) is 17.3. The monoisotopic (exact) mass is 467 g/mol. The maximum atomic E-state index is 12.9. The zero-order valence-corrected chi connectivity index (χ0v) is 20.5. The second kappa shape index (κ2) is 13.7. The molecule has 2 rings (SSSR count). The Kier molecular flexibility index (Phi) is 11.4. The van der Waals surface area contributed by atoms with Gasteiger partial charge < -0.3 is 4.74 Å². The summed E-state index contributed by atoms with van der Waals surface area (Å²) in [5, 5.41) is 5.27. The zero-order valence-electron chi connectivity index (χ0n) is 19.0. The first kappa shape index (κ1) is 25.7. The van der Waals surface area contributed by atoms with Gasteiger partial charge in [0.25, 0.3) is 0 Å². The maximum absolute atomic E-state index is 12.9. The Bertz CT molecular complexity index is 821. The van der Waals surface area contributed by atoms with Crippen molar-refractivity contribution in [1.29, 1.82) is 0 Å². The Hall–Kier alpha value is -1.59. The van der Waals surface area contributed by atoms with Gasteiger partial charge in [-0.25, -0.2) is 0 Å². The third-order valence-electron chi connectivity index (χ3n) is 5.04. The molecule has 5 nitrogen and oxygen atoms in total. The minimum Gasteiger partial charge on any atom is -0.462 e. The van der Waals surface area contributed by atoms with Gasteiger partial charge in [0.05, 0.1) is 11.6 Å². The second-order valence-electron chi connectivity index (χ2n) is 8.43. The van der Waals surface area contributed by atoms with Gasteiger partial charge in [-0.15, -0.1) is 5.10 Å². The molecule has 1 heterocycles. The quantitative estimate of drug-likeness (QED) is 0.265. The molecular formula is C24H35Cl2N3O2. The van der Waals surface area contributed by atoms with Gasteiger partial charge in [0.15, 0.2) is 5.82 Å². The standard InChI is InChI=1S/C24H35Cl2N3O2/c1-4-5-6-7-8-9-10-11-12-13-22(30)29-23(20-15-14-19(25)16-21(20)26)27-24(28-29)31-17-18(2)3/h14-16,18H,4-13,17H2,1-3H3. The van der Waals surface area contributed by atoms with E-state index in [1.54, 1.807) is 18.2 Å². The normalized spacial score (nSPS) is 11.3. The van der Waals surface area contributed by atoms with Gasteiger partial charge in [-0.3, -0.25) is 4.79 Å². The summed E-state index contributed by atoms with van der Waals surface area (Å²) in [6, 6.07) is 5.30. The summed E-state index contributed by atoms with van der Waals surface area (Å²) in [7, 11) is 0. The number of aromatic nitrogens is 3. The molecule has 2 aromatic rings. The summed E-state index contributed by atoms with van der Waals surface area (Å²) in [6.45, 7) is 6.80. The highest BCUT2D eigenvalue weighted by molar-refractivity contribution is 6.36. The van der Waals surface area contributed by atoms with E-state index in [9.17, 15) is 4.79 Å². The van der Waals surface area contributed by atoms with Crippen LogP contribution in [0.3, 0.4) is 0 Å². The molecule has 0 N–H and O–H groups in total. The molecular weight excluding hydrogens is 433 g/mol. The molecule has 0 unspecified atom stereocenters. The summed E-state index contributed by atoms with van der Waals surface area (Å²) < 4.78 is 6.99. The van der Waals surface area contributed by atoms with Crippen LogP contribution in [-0.2, 0) is 0 Å². The number of nitrogens with zero attached hydrogens (tertiary/aromatic N) is 3. The van der Waals surface area contributed by atoms with E-state index in [4.69, 9.17) is 27.9 Å². The number of carbonyl (C=O) groups is 1. The van der Waals surface area contributed by atoms with Crippen molar-refractivity contribution in [1.82, 2.24) is 14.8 Å². The van der Waals surface area contributed by atoms with Crippen LogP contribution in [0.5, 0.6) is 6.01 Å². The maximum Gasteiger partial charge on any atom is 0.336 e. The molecule has 0 saturated carbocycles. The minimum atomic E-state index is -0.101. The van der Waals surface area contributed by atoms with Crippen LogP contribution in [0.1, 0.15) is 89.8 Å². The van der Waals surface area contributed by atoms with Crippen molar-refractivity contribution < 1.29 is 9.53 Å². The highest BCUT2D eigenvalue weighted by Gasteiger charge is 2.20. The second-order valence-corrected chi connectivity index (χ2v) is 9.27. The van der Waals surface area contributed by atoms with Crippen LogP contribution in [0.15, 0.2) is 18.2 Å². The third-order valence-corrected chi connectivity index (χ3v) is 5.58. The molecule has 0 bridgehead atoms. The van der Waals surface area contributed by atoms with Crippen LogP contribution in [0, 0.1) is 5.92 Å². The predicted molar refractivity (Wildman–Crippen MR) is 128 cm³/mol. The SMILES string of the molecule is CCCCCCCCCCCC(=O)n1nc(OCC(C)C)nc1-c1ccc(Cl)cc1Cl. The van der Waals surface area contributed by atoms with Crippen molar-refractivity contribution in [2.24, 2.45) is 5.92 Å². The van der Waals surface area contributed by atoms with Crippen molar-refractivity contribution >= 4 is 29.1 Å². The van der Waals surface area contributed by atoms with E-state index in [1.807, 2.05) is 13.8 Å². The molecule has 0 aliphatic heterocycles. The van der Waals surface area contributed by atoms with E-state index in [0.717, 1.165) is 19.3 Å². The van der Waals surface area contributed by atoms with Gasteiger partial charge in [-0.05, 0) is 30.5 Å². The van der Waals surface area contributed by atoms with Crippen LogP contribution in [0.2, 0.25) is 10.0 Å². The molecule has 0 aliphatic rings. The number of hydrogen-bond acceptors (Lipinski definition) is 4. The fourth-order valence-corrected chi connectivity index (χ4v) is 3.80. The lowest BCUT2D eigenvalue weighted by Gasteiger charge is -2.07. The van der Waals surface area contributed by atoms with E-state index in [0.29, 0.717) is 40.4 Å². The molecule has 0 atom stereocenters. The molecule has 0 aliphatic carbocycles. The first-order valence-electron chi connectivity index (χ1n) is 11.5. The summed E-state index contributed by atoms with van der Waals surface area (Å²) in [5.74, 6) is 0.615. The van der Waals surface area contributed by atoms with Crippen molar-refractivity contribution in [2.45, 2.75) is 85.0 Å². The minimum absolute atomic E-state index is 0.101. The van der Waals surface area contributed by atoms with Crippen molar-refractivity contribution in [3.63, 3.8) is 0 Å². The van der Waals surface area contributed by atoms with E-state index in [-0.39, 0.29) is 11.9 Å². The predicted octanol–water partition coefficient (Wildman–Crippen LogP) is 7.85. The van der Waals surface area contributed by atoms with Gasteiger partial charge >= 0.3 is 6.01 Å². The molecule has 31 heavy (non-hydrogen) atoms. The lowest BCUT2D eigenvalue weighted by molar-refractivity contribution is 0.0882. The number of ether oxygens (including phenoxy) is 1. The van der Waals surface area contributed by atoms with Crippen LogP contribution in [-0.4, -0.2) is 27.3 Å². The molecule has 0 spiro atoms. The number of benzene rings is 1. The third kappa shape index (κ3) is 8.82. The fraction of sp³-hybridized carbons (Fsp3) is 0.625. The number of unbranched alkanes of at least 4 members (excludes halogenated alkanes) is 8. The summed E-state index contributed by atoms with van der Waals surface area (Å²) in [5.41, 5.74) is 0.610. The lowest BCUT2D eigenvalue weighted by atomic mass is 10.1. The van der Waals surface area contributed by atoms with E-state index < -0.39 is 0 Å². The van der Waals surface area contributed by atoms with Crippen LogP contribution in [0.4, 0.5) is 0 Å². The molecule has 172 valence electrons. The van der Waals surface area contributed by atoms with Crippen LogP contribution < -0.4 is 4.74 Å². The molecule has 7 heteroatoms. The smallest absolute Gasteiger partial charge is 0.336 e. The van der Waals surface area contributed by atoms with Gasteiger partial charge in [-0.1, -0.05) is 95.3 Å².